The molecular formula is C24H29ClN2O3. The van der Waals surface area contributed by atoms with Gasteiger partial charge in [0.15, 0.2) is 6.61 Å². The number of aryl methyl sites for hydroxylation is 1. The fraction of sp³-hybridized carbons (Fsp3) is 0.417. The predicted molar refractivity (Wildman–Crippen MR) is 119 cm³/mol. The Morgan fingerprint density at radius 3 is 2.50 bits per heavy atom. The fourth-order valence-electron chi connectivity index (χ4n) is 3.73. The zero-order chi connectivity index (χ0) is 21.5. The summed E-state index contributed by atoms with van der Waals surface area (Å²) in [5.41, 5.74) is 2.08. The summed E-state index contributed by atoms with van der Waals surface area (Å²) in [5, 5.41) is 3.55. The molecule has 0 aliphatic heterocycles. The van der Waals surface area contributed by atoms with Crippen LogP contribution in [-0.4, -0.2) is 35.4 Å². The van der Waals surface area contributed by atoms with E-state index in [2.05, 4.69) is 5.32 Å². The first-order valence-electron chi connectivity index (χ1n) is 10.5. The number of para-hydroxylation sites is 1. The monoisotopic (exact) mass is 428 g/mol. The minimum Gasteiger partial charge on any atom is -0.482 e. The molecule has 1 aliphatic carbocycles. The van der Waals surface area contributed by atoms with E-state index in [0.717, 1.165) is 36.8 Å². The van der Waals surface area contributed by atoms with Crippen LogP contribution in [0, 0.1) is 6.92 Å². The van der Waals surface area contributed by atoms with Crippen molar-refractivity contribution in [3.63, 3.8) is 0 Å². The average molecular weight is 429 g/mol. The summed E-state index contributed by atoms with van der Waals surface area (Å²) in [6, 6.07) is 14.5. The van der Waals surface area contributed by atoms with E-state index in [0.29, 0.717) is 17.3 Å². The first-order chi connectivity index (χ1) is 14.5. The molecule has 1 aliphatic rings. The minimum absolute atomic E-state index is 0.124. The van der Waals surface area contributed by atoms with Crippen LogP contribution in [0.15, 0.2) is 48.5 Å². The number of nitrogens with one attached hydrogen (secondary N) is 1. The van der Waals surface area contributed by atoms with Crippen molar-refractivity contribution in [1.82, 2.24) is 10.2 Å². The summed E-state index contributed by atoms with van der Waals surface area (Å²) >= 11 is 6.13. The molecule has 5 nitrogen and oxygen atoms in total. The molecule has 0 spiro atoms. The van der Waals surface area contributed by atoms with Gasteiger partial charge >= 0.3 is 0 Å². The molecule has 0 heterocycles. The summed E-state index contributed by atoms with van der Waals surface area (Å²) in [7, 11) is 0. The van der Waals surface area contributed by atoms with Gasteiger partial charge < -0.3 is 15.0 Å². The van der Waals surface area contributed by atoms with Crippen LogP contribution in [0.25, 0.3) is 0 Å². The van der Waals surface area contributed by atoms with E-state index in [1.165, 1.54) is 0 Å². The number of nitrogens with zero attached hydrogens (tertiary/aromatic N) is 1. The van der Waals surface area contributed by atoms with Gasteiger partial charge in [0.1, 0.15) is 11.8 Å². The maximum absolute atomic E-state index is 13.1. The molecule has 2 aromatic rings. The highest BCUT2D eigenvalue weighted by atomic mass is 35.5. The third-order valence-corrected chi connectivity index (χ3v) is 5.97. The molecule has 0 radical (unpaired) electrons. The molecule has 0 saturated heterocycles. The summed E-state index contributed by atoms with van der Waals surface area (Å²) in [5.74, 6) is 0.0697. The van der Waals surface area contributed by atoms with E-state index in [9.17, 15) is 9.59 Å². The van der Waals surface area contributed by atoms with Crippen molar-refractivity contribution in [2.24, 2.45) is 0 Å². The molecule has 1 fully saturated rings. The number of hydrogen-bond donors (Lipinski definition) is 1. The van der Waals surface area contributed by atoms with Crippen molar-refractivity contribution >= 4 is 23.4 Å². The van der Waals surface area contributed by atoms with E-state index in [1.807, 2.05) is 31.2 Å². The lowest BCUT2D eigenvalue weighted by Crippen LogP contribution is -2.50. The van der Waals surface area contributed by atoms with Gasteiger partial charge in [-0.05, 0) is 49.9 Å². The summed E-state index contributed by atoms with van der Waals surface area (Å²) in [6.45, 7) is 3.94. The van der Waals surface area contributed by atoms with Crippen LogP contribution in [0.3, 0.4) is 0 Å². The van der Waals surface area contributed by atoms with Crippen LogP contribution >= 0.6 is 11.6 Å². The molecule has 2 amide bonds. The van der Waals surface area contributed by atoms with Gasteiger partial charge in [-0.15, -0.1) is 0 Å². The van der Waals surface area contributed by atoms with Gasteiger partial charge in [-0.2, -0.15) is 0 Å². The lowest BCUT2D eigenvalue weighted by molar-refractivity contribution is -0.142. The standard InChI is InChI=1S/C24H29ClN2O3/c1-17-9-3-4-10-19(17)15-27(18(2)24(29)26-20-11-5-6-12-20)23(28)16-30-22-14-8-7-13-21(22)25/h3-4,7-10,13-14,18,20H,5-6,11-12,15-16H2,1-2H3,(H,26,29)/t18-/m1/s1. The van der Waals surface area contributed by atoms with Crippen molar-refractivity contribution in [2.45, 2.75) is 58.2 Å². The Bertz CT molecular complexity index is 880. The van der Waals surface area contributed by atoms with Crippen molar-refractivity contribution in [1.29, 1.82) is 0 Å². The van der Waals surface area contributed by atoms with Gasteiger partial charge in [-0.1, -0.05) is 60.8 Å². The van der Waals surface area contributed by atoms with Crippen molar-refractivity contribution < 1.29 is 14.3 Å². The van der Waals surface area contributed by atoms with E-state index >= 15 is 0 Å². The number of benzene rings is 2. The van der Waals surface area contributed by atoms with E-state index in [-0.39, 0.29) is 24.5 Å². The largest absolute Gasteiger partial charge is 0.482 e. The van der Waals surface area contributed by atoms with Crippen LogP contribution in [0.5, 0.6) is 5.75 Å². The zero-order valence-corrected chi connectivity index (χ0v) is 18.3. The van der Waals surface area contributed by atoms with Gasteiger partial charge in [0.25, 0.3) is 5.91 Å². The van der Waals surface area contributed by atoms with Crippen LogP contribution in [-0.2, 0) is 16.1 Å². The molecule has 2 aromatic carbocycles. The summed E-state index contributed by atoms with van der Waals surface area (Å²) in [4.78, 5) is 27.6. The number of carbonyl (C=O) groups excluding carboxylic acids is 2. The third-order valence-electron chi connectivity index (χ3n) is 5.66. The van der Waals surface area contributed by atoms with Crippen molar-refractivity contribution in [2.75, 3.05) is 6.61 Å². The zero-order valence-electron chi connectivity index (χ0n) is 17.6. The Morgan fingerprint density at radius 2 is 1.80 bits per heavy atom. The molecule has 0 aromatic heterocycles. The molecule has 3 rings (SSSR count). The first kappa shape index (κ1) is 22.2. The second kappa shape index (κ2) is 10.5. The van der Waals surface area contributed by atoms with Crippen LogP contribution in [0.2, 0.25) is 5.02 Å². The SMILES string of the molecule is Cc1ccccc1CN(C(=O)COc1ccccc1Cl)[C@H](C)C(=O)NC1CCCC1. The van der Waals surface area contributed by atoms with E-state index < -0.39 is 6.04 Å². The lowest BCUT2D eigenvalue weighted by Gasteiger charge is -2.30. The van der Waals surface area contributed by atoms with Gasteiger partial charge in [0, 0.05) is 12.6 Å². The summed E-state index contributed by atoms with van der Waals surface area (Å²) in [6.07, 6.45) is 4.27. The van der Waals surface area contributed by atoms with Crippen molar-refractivity contribution in [3.8, 4) is 5.75 Å². The molecule has 0 bridgehead atoms. The second-order valence-electron chi connectivity index (χ2n) is 7.83. The van der Waals surface area contributed by atoms with Gasteiger partial charge in [0.2, 0.25) is 5.91 Å². The minimum atomic E-state index is -0.604. The maximum Gasteiger partial charge on any atom is 0.261 e. The quantitative estimate of drug-likeness (QED) is 0.673. The van der Waals surface area contributed by atoms with Gasteiger partial charge in [0.05, 0.1) is 5.02 Å². The number of amides is 2. The molecule has 6 heteroatoms. The Morgan fingerprint density at radius 1 is 1.13 bits per heavy atom. The highest BCUT2D eigenvalue weighted by Crippen LogP contribution is 2.23. The number of hydrogen-bond acceptors (Lipinski definition) is 3. The number of halogens is 1. The first-order valence-corrected chi connectivity index (χ1v) is 10.8. The fourth-order valence-corrected chi connectivity index (χ4v) is 3.92. The number of rotatable bonds is 8. The van der Waals surface area contributed by atoms with E-state index in [4.69, 9.17) is 16.3 Å². The predicted octanol–water partition coefficient (Wildman–Crippen LogP) is 4.50. The van der Waals surface area contributed by atoms with E-state index in [1.54, 1.807) is 36.1 Å². The molecule has 1 N–H and O–H groups in total. The van der Waals surface area contributed by atoms with Crippen LogP contribution in [0.1, 0.15) is 43.7 Å². The third kappa shape index (κ3) is 5.76. The Labute approximate surface area is 183 Å². The summed E-state index contributed by atoms with van der Waals surface area (Å²) < 4.78 is 5.66. The normalized spacial score (nSPS) is 14.9. The van der Waals surface area contributed by atoms with Crippen LogP contribution < -0.4 is 10.1 Å². The average Bonchev–Trinajstić information content (AvgIpc) is 3.25. The highest BCUT2D eigenvalue weighted by Gasteiger charge is 2.29. The maximum atomic E-state index is 13.1. The molecule has 0 unspecified atom stereocenters. The smallest absolute Gasteiger partial charge is 0.261 e. The van der Waals surface area contributed by atoms with Crippen LogP contribution in [0.4, 0.5) is 0 Å². The van der Waals surface area contributed by atoms with Gasteiger partial charge in [-0.25, -0.2) is 0 Å². The van der Waals surface area contributed by atoms with Crippen molar-refractivity contribution in [3.05, 3.63) is 64.7 Å². The Balaban J connectivity index is 1.73. The molecule has 160 valence electrons. The van der Waals surface area contributed by atoms with Gasteiger partial charge in [-0.3, -0.25) is 9.59 Å². The molecule has 1 saturated carbocycles. The topological polar surface area (TPSA) is 58.6 Å². The Hall–Kier alpha value is -2.53. The number of ether oxygens (including phenoxy) is 1. The Kier molecular flexibility index (Phi) is 7.75. The lowest BCUT2D eigenvalue weighted by atomic mass is 10.1. The second-order valence-corrected chi connectivity index (χ2v) is 8.24. The highest BCUT2D eigenvalue weighted by molar-refractivity contribution is 6.32. The molecule has 30 heavy (non-hydrogen) atoms. The number of carbonyl (C=O) groups is 2. The molecular weight excluding hydrogens is 400 g/mol. The molecule has 1 atom stereocenters.